The number of aliphatic imine (C=N–C) groups is 1. The molecule has 2 N–H and O–H groups in total. The van der Waals surface area contributed by atoms with E-state index in [1.54, 1.807) is 4.90 Å². The molecule has 180 valence electrons. The van der Waals surface area contributed by atoms with Crippen molar-refractivity contribution < 1.29 is 14.3 Å². The van der Waals surface area contributed by atoms with Gasteiger partial charge in [0.05, 0.1) is 18.8 Å². The molecule has 2 fully saturated rings. The van der Waals surface area contributed by atoms with Crippen molar-refractivity contribution in [3.63, 3.8) is 0 Å². The van der Waals surface area contributed by atoms with Crippen molar-refractivity contribution in [2.45, 2.75) is 58.8 Å². The van der Waals surface area contributed by atoms with E-state index in [1.807, 2.05) is 63.2 Å². The lowest BCUT2D eigenvalue weighted by Crippen LogP contribution is -2.49. The number of amides is 1. The summed E-state index contributed by atoms with van der Waals surface area (Å²) < 4.78 is 11.7. The van der Waals surface area contributed by atoms with Gasteiger partial charge in [-0.1, -0.05) is 29.8 Å². The monoisotopic (exact) mass is 481 g/mol. The van der Waals surface area contributed by atoms with Crippen LogP contribution in [0.4, 0.5) is 0 Å². The van der Waals surface area contributed by atoms with Gasteiger partial charge in [0.2, 0.25) is 0 Å². The highest BCUT2D eigenvalue weighted by Crippen LogP contribution is 2.30. The van der Waals surface area contributed by atoms with E-state index in [9.17, 15) is 4.79 Å². The van der Waals surface area contributed by atoms with E-state index in [1.165, 1.54) is 0 Å². The molecule has 2 aromatic rings. The molecule has 7 heteroatoms. The molecule has 2 aromatic carbocycles. The largest absolute Gasteiger partial charge is 0.457 e. The molecule has 1 aliphatic carbocycles. The van der Waals surface area contributed by atoms with Gasteiger partial charge in [-0.05, 0) is 69.9 Å². The highest BCUT2D eigenvalue weighted by molar-refractivity contribution is 6.31. The molecule has 0 spiro atoms. The minimum atomic E-state index is -0.107. The molecule has 2 atom stereocenters. The Balaban J connectivity index is 1.43. The fraction of sp³-hybridized carbons (Fsp3) is 0.407. The summed E-state index contributed by atoms with van der Waals surface area (Å²) in [4.78, 5) is 19.7. The van der Waals surface area contributed by atoms with E-state index in [4.69, 9.17) is 31.8 Å². The van der Waals surface area contributed by atoms with Crippen molar-refractivity contribution in [3.05, 3.63) is 69.9 Å². The molecule has 1 aliphatic heterocycles. The van der Waals surface area contributed by atoms with Crippen LogP contribution in [0.3, 0.4) is 0 Å². The molecule has 2 aliphatic rings. The third kappa shape index (κ3) is 5.62. The zero-order valence-electron chi connectivity index (χ0n) is 20.0. The van der Waals surface area contributed by atoms with Crippen LogP contribution in [0.1, 0.15) is 44.2 Å². The minimum absolute atomic E-state index is 0.0111. The fourth-order valence-corrected chi connectivity index (χ4v) is 4.68. The van der Waals surface area contributed by atoms with Crippen molar-refractivity contribution in [3.8, 4) is 11.5 Å². The van der Waals surface area contributed by atoms with Crippen molar-refractivity contribution in [2.24, 2.45) is 10.7 Å². The van der Waals surface area contributed by atoms with Crippen molar-refractivity contribution >= 4 is 23.2 Å². The number of morpholine rings is 1. The van der Waals surface area contributed by atoms with Gasteiger partial charge in [-0.15, -0.1) is 0 Å². The Hall–Kier alpha value is -2.83. The molecule has 34 heavy (non-hydrogen) atoms. The zero-order valence-corrected chi connectivity index (χ0v) is 20.8. The van der Waals surface area contributed by atoms with E-state index in [-0.39, 0.29) is 18.1 Å². The lowest BCUT2D eigenvalue weighted by atomic mass is 10.1. The summed E-state index contributed by atoms with van der Waals surface area (Å²) in [6.07, 6.45) is 2.62. The lowest BCUT2D eigenvalue weighted by molar-refractivity contribution is -0.139. The van der Waals surface area contributed by atoms with E-state index >= 15 is 0 Å². The van der Waals surface area contributed by atoms with E-state index in [2.05, 4.69) is 0 Å². The first kappa shape index (κ1) is 24.3. The Labute approximate surface area is 206 Å². The average Bonchev–Trinajstić information content (AvgIpc) is 3.28. The third-order valence-corrected chi connectivity index (χ3v) is 6.68. The third-order valence-electron chi connectivity index (χ3n) is 6.27. The highest BCUT2D eigenvalue weighted by atomic mass is 35.5. The predicted octanol–water partition coefficient (Wildman–Crippen LogP) is 5.41. The smallest absolute Gasteiger partial charge is 0.270 e. The van der Waals surface area contributed by atoms with Crippen LogP contribution in [-0.4, -0.2) is 41.8 Å². The molecule has 0 bridgehead atoms. The molecular formula is C27H32ClN3O3. The van der Waals surface area contributed by atoms with Gasteiger partial charge >= 0.3 is 0 Å². The van der Waals surface area contributed by atoms with Crippen LogP contribution in [0, 0.1) is 6.92 Å². The number of ether oxygens (including phenoxy) is 2. The quantitative estimate of drug-likeness (QED) is 0.579. The number of rotatable bonds is 5. The van der Waals surface area contributed by atoms with Crippen LogP contribution in [0.15, 0.2) is 58.7 Å². The van der Waals surface area contributed by atoms with Crippen molar-refractivity contribution in [1.82, 2.24) is 4.90 Å². The maximum absolute atomic E-state index is 13.0. The Bertz CT molecular complexity index is 1100. The summed E-state index contributed by atoms with van der Waals surface area (Å²) in [5, 5.41) is 0.681. The number of carbonyl (C=O) groups is 1. The number of hydrogen-bond donors (Lipinski definition) is 1. The molecule has 6 nitrogen and oxygen atoms in total. The first-order valence-corrected chi connectivity index (χ1v) is 12.2. The number of benzene rings is 2. The fourth-order valence-electron chi connectivity index (χ4n) is 4.51. The number of nitrogens with zero attached hydrogens (tertiary/aromatic N) is 2. The van der Waals surface area contributed by atoms with Crippen LogP contribution in [0.2, 0.25) is 5.02 Å². The molecular weight excluding hydrogens is 450 g/mol. The van der Waals surface area contributed by atoms with E-state index in [0.29, 0.717) is 30.4 Å². The molecule has 4 rings (SSSR count). The second-order valence-corrected chi connectivity index (χ2v) is 9.49. The van der Waals surface area contributed by atoms with Crippen LogP contribution in [0.25, 0.3) is 0 Å². The summed E-state index contributed by atoms with van der Waals surface area (Å²) in [5.74, 6) is 1.38. The van der Waals surface area contributed by atoms with E-state index in [0.717, 1.165) is 53.2 Å². The SMILES string of the molecule is Cc1c(Cl)cccc1Oc1ccc(CN=C2CCCC2=C(N)C(=O)N2C[C@@H](C)O[C@@H](C)C2)cc1. The van der Waals surface area contributed by atoms with Gasteiger partial charge in [-0.3, -0.25) is 9.79 Å². The Morgan fingerprint density at radius 3 is 2.56 bits per heavy atom. The van der Waals surface area contributed by atoms with Gasteiger partial charge in [0.25, 0.3) is 5.91 Å². The molecule has 0 aromatic heterocycles. The Morgan fingerprint density at radius 1 is 1.15 bits per heavy atom. The number of hydrogen-bond acceptors (Lipinski definition) is 5. The molecule has 1 heterocycles. The van der Waals surface area contributed by atoms with Crippen LogP contribution < -0.4 is 10.5 Å². The zero-order chi connectivity index (χ0) is 24.2. The Morgan fingerprint density at radius 2 is 1.85 bits per heavy atom. The topological polar surface area (TPSA) is 77.2 Å². The van der Waals surface area contributed by atoms with Crippen LogP contribution >= 0.6 is 11.6 Å². The second-order valence-electron chi connectivity index (χ2n) is 9.09. The molecule has 1 saturated carbocycles. The van der Waals surface area contributed by atoms with E-state index < -0.39 is 0 Å². The van der Waals surface area contributed by atoms with Gasteiger partial charge in [0.1, 0.15) is 17.2 Å². The Kier molecular flexibility index (Phi) is 7.59. The average molecular weight is 482 g/mol. The number of halogens is 1. The van der Waals surface area contributed by atoms with Crippen molar-refractivity contribution in [1.29, 1.82) is 0 Å². The minimum Gasteiger partial charge on any atom is -0.457 e. The van der Waals surface area contributed by atoms with Gasteiger partial charge in [0, 0.05) is 35.0 Å². The first-order valence-electron chi connectivity index (χ1n) is 11.8. The summed E-state index contributed by atoms with van der Waals surface area (Å²) in [6, 6.07) is 13.5. The molecule has 1 saturated heterocycles. The summed E-state index contributed by atoms with van der Waals surface area (Å²) in [6.45, 7) is 7.55. The van der Waals surface area contributed by atoms with Crippen molar-refractivity contribution in [2.75, 3.05) is 13.1 Å². The first-order chi connectivity index (χ1) is 16.3. The number of nitrogens with two attached hydrogens (primary N) is 1. The van der Waals surface area contributed by atoms with Gasteiger partial charge in [0.15, 0.2) is 0 Å². The number of allylic oxidation sites excluding steroid dienone is 1. The second kappa shape index (κ2) is 10.6. The predicted molar refractivity (Wildman–Crippen MR) is 135 cm³/mol. The van der Waals surface area contributed by atoms with Crippen LogP contribution in [0.5, 0.6) is 11.5 Å². The van der Waals surface area contributed by atoms with Crippen LogP contribution in [-0.2, 0) is 16.1 Å². The molecule has 1 amide bonds. The summed E-state index contributed by atoms with van der Waals surface area (Å²) >= 11 is 6.18. The summed E-state index contributed by atoms with van der Waals surface area (Å²) in [7, 11) is 0. The standard InChI is InChI=1S/C27H32ClN3O3/c1-17-15-31(16-18(2)33-17)27(32)26(29)22-6-4-8-24(22)30-14-20-10-12-21(13-11-20)34-25-9-5-7-23(28)19(25)3/h5,7,9-13,17-18H,4,6,8,14-16,29H2,1-3H3/t17-,18+. The maximum atomic E-state index is 13.0. The molecule has 0 radical (unpaired) electrons. The highest BCUT2D eigenvalue weighted by Gasteiger charge is 2.30. The maximum Gasteiger partial charge on any atom is 0.270 e. The summed E-state index contributed by atoms with van der Waals surface area (Å²) in [5.41, 5.74) is 10.5. The number of carbonyl (C=O) groups excluding carboxylic acids is 1. The van der Waals surface area contributed by atoms with Gasteiger partial charge < -0.3 is 20.1 Å². The van der Waals surface area contributed by atoms with Gasteiger partial charge in [-0.25, -0.2) is 0 Å². The molecule has 0 unspecified atom stereocenters. The lowest BCUT2D eigenvalue weighted by Gasteiger charge is -2.35. The normalized spacial score (nSPS) is 23.3. The van der Waals surface area contributed by atoms with Gasteiger partial charge in [-0.2, -0.15) is 0 Å².